The van der Waals surface area contributed by atoms with E-state index in [9.17, 15) is 9.59 Å². The molecular weight excluding hydrogens is 278 g/mol. The van der Waals surface area contributed by atoms with E-state index >= 15 is 0 Å². The van der Waals surface area contributed by atoms with E-state index in [2.05, 4.69) is 10.2 Å². The van der Waals surface area contributed by atoms with Crippen molar-refractivity contribution in [3.05, 3.63) is 0 Å². The third kappa shape index (κ3) is 5.20. The van der Waals surface area contributed by atoms with Crippen LogP contribution in [0.15, 0.2) is 0 Å². The first-order valence-corrected chi connectivity index (χ1v) is 8.28. The zero-order chi connectivity index (χ0) is 15.1. The Balaban J connectivity index is 2.53. The highest BCUT2D eigenvalue weighted by atomic mass is 32.2. The fraction of sp³-hybridized carbons (Fsp3) is 0.846. The third-order valence-corrected chi connectivity index (χ3v) is 4.26. The molecule has 1 saturated heterocycles. The van der Waals surface area contributed by atoms with Gasteiger partial charge in [-0.15, -0.1) is 0 Å². The maximum absolute atomic E-state index is 12.2. The van der Waals surface area contributed by atoms with Crippen molar-refractivity contribution >= 4 is 23.8 Å². The minimum Gasteiger partial charge on any atom is -0.480 e. The van der Waals surface area contributed by atoms with Crippen LogP contribution in [0.4, 0.5) is 4.79 Å². The van der Waals surface area contributed by atoms with Gasteiger partial charge in [0.25, 0.3) is 0 Å². The highest BCUT2D eigenvalue weighted by Crippen LogP contribution is 2.14. The summed E-state index contributed by atoms with van der Waals surface area (Å²) in [4.78, 5) is 27.2. The summed E-state index contributed by atoms with van der Waals surface area (Å²) >= 11 is 1.58. The fourth-order valence-corrected chi connectivity index (χ4v) is 2.77. The Morgan fingerprint density at radius 3 is 2.75 bits per heavy atom. The van der Waals surface area contributed by atoms with Crippen LogP contribution in [-0.2, 0) is 4.79 Å². The quantitative estimate of drug-likeness (QED) is 0.763. The van der Waals surface area contributed by atoms with Gasteiger partial charge in [-0.1, -0.05) is 0 Å². The molecule has 1 aliphatic rings. The van der Waals surface area contributed by atoms with E-state index in [1.165, 1.54) is 0 Å². The number of amides is 2. The maximum atomic E-state index is 12.2. The Bertz CT molecular complexity index is 339. The predicted octanol–water partition coefficient (Wildman–Crippen LogP) is 0.928. The minimum absolute atomic E-state index is 0.259. The zero-order valence-corrected chi connectivity index (χ0v) is 13.3. The lowest BCUT2D eigenvalue weighted by Gasteiger charge is -2.36. The van der Waals surface area contributed by atoms with E-state index in [1.54, 1.807) is 16.7 Å². The van der Waals surface area contributed by atoms with Crippen LogP contribution in [0.3, 0.4) is 0 Å². The molecule has 20 heavy (non-hydrogen) atoms. The molecule has 7 heteroatoms. The van der Waals surface area contributed by atoms with E-state index in [0.717, 1.165) is 18.6 Å². The second-order valence-electron chi connectivity index (χ2n) is 5.33. The second-order valence-corrected chi connectivity index (χ2v) is 6.31. The van der Waals surface area contributed by atoms with Gasteiger partial charge in [-0.25, -0.2) is 9.59 Å². The van der Waals surface area contributed by atoms with Crippen molar-refractivity contribution in [2.75, 3.05) is 39.2 Å². The van der Waals surface area contributed by atoms with Gasteiger partial charge in [-0.3, -0.25) is 0 Å². The van der Waals surface area contributed by atoms with E-state index < -0.39 is 12.0 Å². The molecule has 1 aliphatic heterocycles. The molecule has 1 rings (SSSR count). The van der Waals surface area contributed by atoms with Crippen molar-refractivity contribution in [1.29, 1.82) is 0 Å². The Kier molecular flexibility index (Phi) is 7.15. The number of aliphatic carboxylic acids is 1. The first-order chi connectivity index (χ1) is 9.45. The second kappa shape index (κ2) is 8.36. The number of nitrogens with one attached hydrogen (secondary N) is 1. The number of hydrogen-bond acceptors (Lipinski definition) is 4. The van der Waals surface area contributed by atoms with Gasteiger partial charge in [0.05, 0.1) is 0 Å². The molecule has 2 N–H and O–H groups in total. The summed E-state index contributed by atoms with van der Waals surface area (Å²) in [6.07, 6.45) is 4.41. The van der Waals surface area contributed by atoms with Gasteiger partial charge >= 0.3 is 12.0 Å². The number of carbonyl (C=O) groups is 2. The molecule has 116 valence electrons. The molecule has 2 atom stereocenters. The highest BCUT2D eigenvalue weighted by molar-refractivity contribution is 7.98. The minimum atomic E-state index is -0.964. The number of rotatable bonds is 6. The molecule has 0 spiro atoms. The lowest BCUT2D eigenvalue weighted by atomic mass is 10.1. The molecule has 1 heterocycles. The summed E-state index contributed by atoms with van der Waals surface area (Å²) in [7, 11) is 4.01. The van der Waals surface area contributed by atoms with E-state index in [1.807, 2.05) is 20.4 Å². The van der Waals surface area contributed by atoms with Crippen molar-refractivity contribution in [1.82, 2.24) is 15.1 Å². The number of likely N-dealkylation sites (tertiary alicyclic amines) is 1. The number of nitrogens with zero attached hydrogens (tertiary/aromatic N) is 2. The van der Waals surface area contributed by atoms with Gasteiger partial charge in [0, 0.05) is 19.1 Å². The van der Waals surface area contributed by atoms with Crippen LogP contribution in [0.25, 0.3) is 0 Å². The van der Waals surface area contributed by atoms with Crippen LogP contribution in [0.1, 0.15) is 19.3 Å². The molecule has 6 nitrogen and oxygen atoms in total. The number of likely N-dealkylation sites (N-methyl/N-ethyl adjacent to an activating group) is 1. The van der Waals surface area contributed by atoms with Gasteiger partial charge in [0.2, 0.25) is 0 Å². The summed E-state index contributed by atoms with van der Waals surface area (Å²) in [5.41, 5.74) is 0. The van der Waals surface area contributed by atoms with Crippen LogP contribution in [0.5, 0.6) is 0 Å². The van der Waals surface area contributed by atoms with Crippen LogP contribution >= 0.6 is 11.8 Å². The summed E-state index contributed by atoms with van der Waals surface area (Å²) in [6, 6.07) is -0.705. The highest BCUT2D eigenvalue weighted by Gasteiger charge is 2.27. The van der Waals surface area contributed by atoms with Gasteiger partial charge in [-0.05, 0) is 45.4 Å². The monoisotopic (exact) mass is 303 g/mol. The van der Waals surface area contributed by atoms with Crippen LogP contribution in [-0.4, -0.2) is 78.2 Å². The number of piperidine rings is 1. The van der Waals surface area contributed by atoms with E-state index in [0.29, 0.717) is 25.6 Å². The fourth-order valence-electron chi connectivity index (χ4n) is 2.29. The number of carbonyl (C=O) groups excluding carboxylic acids is 1. The van der Waals surface area contributed by atoms with Gasteiger partial charge in [0.1, 0.15) is 6.04 Å². The van der Waals surface area contributed by atoms with Gasteiger partial charge in [0.15, 0.2) is 0 Å². The maximum Gasteiger partial charge on any atom is 0.326 e. The summed E-state index contributed by atoms with van der Waals surface area (Å²) < 4.78 is 0. The van der Waals surface area contributed by atoms with Gasteiger partial charge in [-0.2, -0.15) is 11.8 Å². The number of thioether (sulfide) groups is 1. The lowest BCUT2D eigenvalue weighted by Crippen LogP contribution is -2.53. The first kappa shape index (κ1) is 17.1. The Hall–Kier alpha value is -0.950. The SMILES string of the molecule is CSCCC(NC(=O)N1CCCC(N(C)C)C1)C(=O)O. The normalized spacial score (nSPS) is 20.8. The van der Waals surface area contributed by atoms with E-state index in [4.69, 9.17) is 5.11 Å². The van der Waals surface area contributed by atoms with E-state index in [-0.39, 0.29) is 6.03 Å². The number of carboxylic acids is 1. The Labute approximate surface area is 124 Å². The molecule has 1 fully saturated rings. The number of urea groups is 1. The topological polar surface area (TPSA) is 72.9 Å². The average molecular weight is 303 g/mol. The predicted molar refractivity (Wildman–Crippen MR) is 81.2 cm³/mol. The molecule has 0 bridgehead atoms. The molecule has 0 saturated carbocycles. The van der Waals surface area contributed by atoms with Crippen molar-refractivity contribution in [3.63, 3.8) is 0 Å². The van der Waals surface area contributed by atoms with Gasteiger partial charge < -0.3 is 20.2 Å². The molecule has 0 aromatic rings. The average Bonchev–Trinajstić information content (AvgIpc) is 2.42. The standard InChI is InChI=1S/C13H25N3O3S/c1-15(2)10-5-4-7-16(9-10)13(19)14-11(12(17)18)6-8-20-3/h10-11H,4-9H2,1-3H3,(H,14,19)(H,17,18). The molecular formula is C13H25N3O3S. The zero-order valence-electron chi connectivity index (χ0n) is 12.5. The molecule has 2 unspecified atom stereocenters. The molecule has 0 radical (unpaired) electrons. The summed E-state index contributed by atoms with van der Waals surface area (Å²) in [5, 5.41) is 11.8. The Morgan fingerprint density at radius 1 is 1.50 bits per heavy atom. The van der Waals surface area contributed by atoms with Crippen LogP contribution < -0.4 is 5.32 Å². The van der Waals surface area contributed by atoms with Crippen molar-refractivity contribution in [3.8, 4) is 0 Å². The summed E-state index contributed by atoms with van der Waals surface area (Å²) in [5.74, 6) is -0.244. The molecule has 0 aliphatic carbocycles. The smallest absolute Gasteiger partial charge is 0.326 e. The van der Waals surface area contributed by atoms with Crippen molar-refractivity contribution < 1.29 is 14.7 Å². The summed E-state index contributed by atoms with van der Waals surface area (Å²) in [6.45, 7) is 1.36. The molecule has 0 aromatic heterocycles. The van der Waals surface area contributed by atoms with Crippen LogP contribution in [0.2, 0.25) is 0 Å². The third-order valence-electron chi connectivity index (χ3n) is 3.62. The largest absolute Gasteiger partial charge is 0.480 e. The number of hydrogen-bond donors (Lipinski definition) is 2. The van der Waals surface area contributed by atoms with Crippen molar-refractivity contribution in [2.24, 2.45) is 0 Å². The van der Waals surface area contributed by atoms with Crippen molar-refractivity contribution in [2.45, 2.75) is 31.3 Å². The molecule has 0 aromatic carbocycles. The number of carboxylic acid groups (broad SMARTS) is 1. The Morgan fingerprint density at radius 2 is 2.20 bits per heavy atom. The molecule has 2 amide bonds. The first-order valence-electron chi connectivity index (χ1n) is 6.89. The van der Waals surface area contributed by atoms with Crippen LogP contribution in [0, 0.1) is 0 Å². The lowest BCUT2D eigenvalue weighted by molar-refractivity contribution is -0.139.